The van der Waals surface area contributed by atoms with E-state index in [0.29, 0.717) is 0 Å². The molecule has 1 aliphatic carbocycles. The lowest BCUT2D eigenvalue weighted by atomic mass is 10.1. The second-order valence-corrected chi connectivity index (χ2v) is 5.77. The van der Waals surface area contributed by atoms with Gasteiger partial charge in [0, 0.05) is 6.04 Å². The Morgan fingerprint density at radius 3 is 2.82 bits per heavy atom. The third-order valence-corrected chi connectivity index (χ3v) is 4.08. The number of nitrogens with zero attached hydrogens (tertiary/aromatic N) is 1. The molecule has 8 heteroatoms. The van der Waals surface area contributed by atoms with E-state index >= 15 is 0 Å². The summed E-state index contributed by atoms with van der Waals surface area (Å²) in [6.07, 6.45) is 2.86. The number of hydrogen-bond donors (Lipinski definition) is 3. The highest BCUT2D eigenvalue weighted by molar-refractivity contribution is 7.89. The molecular formula is C9H13N3O4S. The lowest BCUT2D eigenvalue weighted by molar-refractivity contribution is -0.137. The second kappa shape index (κ2) is 4.46. The molecular weight excluding hydrogens is 246 g/mol. The number of hydrogen-bond acceptors (Lipinski definition) is 4. The Morgan fingerprint density at radius 2 is 2.35 bits per heavy atom. The predicted octanol–water partition coefficient (Wildman–Crippen LogP) is -0.0587. The summed E-state index contributed by atoms with van der Waals surface area (Å²) in [6, 6.07) is 0.786. The van der Waals surface area contributed by atoms with Gasteiger partial charge in [-0.1, -0.05) is 0 Å². The quantitative estimate of drug-likeness (QED) is 0.662. The van der Waals surface area contributed by atoms with Crippen molar-refractivity contribution in [1.82, 2.24) is 14.9 Å². The van der Waals surface area contributed by atoms with E-state index in [9.17, 15) is 13.2 Å². The standard InChI is InChI=1S/C9H13N3O4S/c13-9(14)5-7(6-1-2-6)12-17(15,16)8-3-4-10-11-8/h3-4,6-7,12H,1-2,5H2,(H,10,11)(H,13,14). The molecule has 0 saturated heterocycles. The van der Waals surface area contributed by atoms with Crippen LogP contribution >= 0.6 is 0 Å². The van der Waals surface area contributed by atoms with Crippen molar-refractivity contribution in [2.45, 2.75) is 30.3 Å². The van der Waals surface area contributed by atoms with Crippen molar-refractivity contribution in [2.24, 2.45) is 5.92 Å². The Hall–Kier alpha value is -1.41. The molecule has 1 fully saturated rings. The van der Waals surface area contributed by atoms with E-state index < -0.39 is 22.0 Å². The number of aliphatic carboxylic acids is 1. The zero-order chi connectivity index (χ0) is 12.5. The van der Waals surface area contributed by atoms with Crippen LogP contribution in [0.15, 0.2) is 17.3 Å². The molecule has 1 heterocycles. The Bertz CT molecular complexity index is 492. The topological polar surface area (TPSA) is 112 Å². The number of carbonyl (C=O) groups is 1. The van der Waals surface area contributed by atoms with Gasteiger partial charge in [0.15, 0.2) is 5.03 Å². The maximum atomic E-state index is 11.8. The summed E-state index contributed by atoms with van der Waals surface area (Å²) in [6.45, 7) is 0. The monoisotopic (exact) mass is 259 g/mol. The molecule has 2 rings (SSSR count). The molecule has 94 valence electrons. The van der Waals surface area contributed by atoms with E-state index in [1.54, 1.807) is 0 Å². The Kier molecular flexibility index (Phi) is 3.16. The smallest absolute Gasteiger partial charge is 0.304 e. The minimum atomic E-state index is -3.70. The Labute approximate surface area is 98.3 Å². The van der Waals surface area contributed by atoms with Gasteiger partial charge < -0.3 is 5.11 Å². The van der Waals surface area contributed by atoms with E-state index in [0.717, 1.165) is 12.8 Å². The van der Waals surface area contributed by atoms with Gasteiger partial charge in [-0.15, -0.1) is 0 Å². The fourth-order valence-electron chi connectivity index (χ4n) is 1.65. The van der Waals surface area contributed by atoms with E-state index in [1.807, 2.05) is 0 Å². The minimum Gasteiger partial charge on any atom is -0.481 e. The van der Waals surface area contributed by atoms with Gasteiger partial charge in [0.2, 0.25) is 0 Å². The highest BCUT2D eigenvalue weighted by Gasteiger charge is 2.35. The number of aromatic nitrogens is 2. The van der Waals surface area contributed by atoms with Crippen LogP contribution in [0.5, 0.6) is 0 Å². The van der Waals surface area contributed by atoms with E-state index in [2.05, 4.69) is 14.9 Å². The zero-order valence-electron chi connectivity index (χ0n) is 8.96. The molecule has 7 nitrogen and oxygen atoms in total. The molecule has 0 aliphatic heterocycles. The summed E-state index contributed by atoms with van der Waals surface area (Å²) < 4.78 is 26.1. The van der Waals surface area contributed by atoms with Gasteiger partial charge in [-0.25, -0.2) is 13.1 Å². The molecule has 1 saturated carbocycles. The molecule has 1 aromatic rings. The SMILES string of the molecule is O=C(O)CC(NS(=O)(=O)c1ccn[nH]1)C1CC1. The number of aromatic amines is 1. The first-order valence-corrected chi connectivity index (χ1v) is 6.71. The average Bonchev–Trinajstić information content (AvgIpc) is 2.90. The third-order valence-electron chi connectivity index (χ3n) is 2.66. The van der Waals surface area contributed by atoms with Crippen LogP contribution < -0.4 is 4.72 Å². The lowest BCUT2D eigenvalue weighted by Gasteiger charge is -2.15. The van der Waals surface area contributed by atoms with Gasteiger partial charge in [-0.3, -0.25) is 9.89 Å². The first kappa shape index (κ1) is 12.1. The van der Waals surface area contributed by atoms with Crippen molar-refractivity contribution in [3.63, 3.8) is 0 Å². The molecule has 1 unspecified atom stereocenters. The van der Waals surface area contributed by atoms with Crippen LogP contribution in [0, 0.1) is 5.92 Å². The summed E-state index contributed by atoms with van der Waals surface area (Å²) >= 11 is 0. The van der Waals surface area contributed by atoms with Crippen LogP contribution in [0.2, 0.25) is 0 Å². The van der Waals surface area contributed by atoms with Gasteiger partial charge in [-0.05, 0) is 24.8 Å². The largest absolute Gasteiger partial charge is 0.481 e. The van der Waals surface area contributed by atoms with E-state index in [1.165, 1.54) is 12.3 Å². The van der Waals surface area contributed by atoms with Crippen molar-refractivity contribution >= 4 is 16.0 Å². The third kappa shape index (κ3) is 3.04. The number of sulfonamides is 1. The van der Waals surface area contributed by atoms with E-state index in [4.69, 9.17) is 5.11 Å². The fourth-order valence-corrected chi connectivity index (χ4v) is 2.86. The van der Waals surface area contributed by atoms with Crippen molar-refractivity contribution in [3.8, 4) is 0 Å². The number of rotatable bonds is 6. The van der Waals surface area contributed by atoms with Crippen molar-refractivity contribution in [1.29, 1.82) is 0 Å². The van der Waals surface area contributed by atoms with Crippen LogP contribution in [0.1, 0.15) is 19.3 Å². The maximum absolute atomic E-state index is 11.8. The molecule has 0 aromatic carbocycles. The molecule has 1 aliphatic rings. The molecule has 0 bridgehead atoms. The van der Waals surface area contributed by atoms with Crippen LogP contribution in [0.25, 0.3) is 0 Å². The van der Waals surface area contributed by atoms with Crippen molar-refractivity contribution in [3.05, 3.63) is 12.3 Å². The number of carboxylic acids is 1. The summed E-state index contributed by atoms with van der Waals surface area (Å²) in [7, 11) is -3.70. The van der Waals surface area contributed by atoms with Crippen LogP contribution in [0.3, 0.4) is 0 Å². The molecule has 1 aromatic heterocycles. The number of H-pyrrole nitrogens is 1. The molecule has 0 spiro atoms. The van der Waals surface area contributed by atoms with Crippen LogP contribution in [0.4, 0.5) is 0 Å². The molecule has 0 amide bonds. The van der Waals surface area contributed by atoms with Gasteiger partial charge >= 0.3 is 5.97 Å². The van der Waals surface area contributed by atoms with Crippen LogP contribution in [-0.2, 0) is 14.8 Å². The Balaban J connectivity index is 2.09. The summed E-state index contributed by atoms with van der Waals surface area (Å²) in [5.41, 5.74) is 0. The van der Waals surface area contributed by atoms with Crippen LogP contribution in [-0.4, -0.2) is 35.7 Å². The lowest BCUT2D eigenvalue weighted by Crippen LogP contribution is -2.38. The summed E-state index contributed by atoms with van der Waals surface area (Å²) in [4.78, 5) is 10.7. The second-order valence-electron chi connectivity index (χ2n) is 4.08. The fraction of sp³-hybridized carbons (Fsp3) is 0.556. The number of nitrogens with one attached hydrogen (secondary N) is 2. The normalized spacial score (nSPS) is 17.9. The molecule has 17 heavy (non-hydrogen) atoms. The summed E-state index contributed by atoms with van der Waals surface area (Å²) in [5.74, 6) is -0.877. The first-order chi connectivity index (χ1) is 7.99. The summed E-state index contributed by atoms with van der Waals surface area (Å²) in [5, 5.41) is 14.6. The van der Waals surface area contributed by atoms with Gasteiger partial charge in [0.05, 0.1) is 12.6 Å². The molecule has 1 atom stereocenters. The average molecular weight is 259 g/mol. The van der Waals surface area contributed by atoms with Gasteiger partial charge in [-0.2, -0.15) is 5.10 Å². The minimum absolute atomic E-state index is 0.0476. The van der Waals surface area contributed by atoms with Crippen molar-refractivity contribution < 1.29 is 18.3 Å². The highest BCUT2D eigenvalue weighted by atomic mass is 32.2. The zero-order valence-corrected chi connectivity index (χ0v) is 9.77. The first-order valence-electron chi connectivity index (χ1n) is 5.22. The van der Waals surface area contributed by atoms with Crippen molar-refractivity contribution in [2.75, 3.05) is 0 Å². The van der Waals surface area contributed by atoms with Gasteiger partial charge in [0.25, 0.3) is 10.0 Å². The Morgan fingerprint density at radius 1 is 1.65 bits per heavy atom. The molecule has 0 radical (unpaired) electrons. The molecule has 3 N–H and O–H groups in total. The van der Waals surface area contributed by atoms with E-state index in [-0.39, 0.29) is 17.4 Å². The van der Waals surface area contributed by atoms with Gasteiger partial charge in [0.1, 0.15) is 0 Å². The highest BCUT2D eigenvalue weighted by Crippen LogP contribution is 2.34. The number of carboxylic acid groups (broad SMARTS) is 1. The maximum Gasteiger partial charge on any atom is 0.304 e. The predicted molar refractivity (Wildman–Crippen MR) is 57.7 cm³/mol.